The fourth-order valence-corrected chi connectivity index (χ4v) is 2.41. The van der Waals surface area contributed by atoms with Crippen LogP contribution in [0.2, 0.25) is 0 Å². The van der Waals surface area contributed by atoms with Gasteiger partial charge in [-0.1, -0.05) is 13.8 Å². The number of carbonyl (C=O) groups excluding carboxylic acids is 1. The van der Waals surface area contributed by atoms with Gasteiger partial charge in [-0.05, 0) is 5.92 Å². The Morgan fingerprint density at radius 1 is 1.70 bits per heavy atom. The van der Waals surface area contributed by atoms with Crippen molar-refractivity contribution < 1.29 is 4.79 Å². The van der Waals surface area contributed by atoms with Crippen molar-refractivity contribution in [3.8, 4) is 0 Å². The lowest BCUT2D eigenvalue weighted by Gasteiger charge is -2.10. The molecule has 0 saturated carbocycles. The van der Waals surface area contributed by atoms with E-state index in [1.54, 1.807) is 11.8 Å². The van der Waals surface area contributed by atoms with Crippen LogP contribution in [-0.2, 0) is 4.79 Å². The molecule has 0 spiro atoms. The zero-order chi connectivity index (χ0) is 7.72. The van der Waals surface area contributed by atoms with Crippen molar-refractivity contribution in [2.75, 3.05) is 5.75 Å². The van der Waals surface area contributed by atoms with Crippen LogP contribution in [0, 0.1) is 5.92 Å². The summed E-state index contributed by atoms with van der Waals surface area (Å²) in [4.78, 5) is 11.2. The maximum atomic E-state index is 11.2. The maximum Gasteiger partial charge on any atom is 0.163 e. The quantitative estimate of drug-likeness (QED) is 0.611. The van der Waals surface area contributed by atoms with E-state index in [-0.39, 0.29) is 17.1 Å². The van der Waals surface area contributed by atoms with Crippen molar-refractivity contribution in [2.45, 2.75) is 25.1 Å². The van der Waals surface area contributed by atoms with Crippen LogP contribution in [0.25, 0.3) is 0 Å². The van der Waals surface area contributed by atoms with Crippen molar-refractivity contribution in [3.63, 3.8) is 0 Å². The Morgan fingerprint density at radius 3 is 2.50 bits per heavy atom. The Bertz CT molecular complexity index is 147. The van der Waals surface area contributed by atoms with Crippen molar-refractivity contribution in [3.05, 3.63) is 0 Å². The highest BCUT2D eigenvalue weighted by Gasteiger charge is 2.33. The second kappa shape index (κ2) is 2.93. The first-order valence-corrected chi connectivity index (χ1v) is 4.58. The monoisotopic (exact) mass is 159 g/mol. The molecule has 1 fully saturated rings. The predicted molar refractivity (Wildman–Crippen MR) is 44.1 cm³/mol. The minimum atomic E-state index is -0.197. The summed E-state index contributed by atoms with van der Waals surface area (Å²) in [6, 6.07) is -0.197. The van der Waals surface area contributed by atoms with Gasteiger partial charge in [0.2, 0.25) is 0 Å². The number of ketones is 1. The largest absolute Gasteiger partial charge is 0.321 e. The highest BCUT2D eigenvalue weighted by atomic mass is 32.2. The molecule has 0 aromatic heterocycles. The van der Waals surface area contributed by atoms with E-state index < -0.39 is 0 Å². The molecule has 2 atom stereocenters. The molecule has 1 rings (SSSR count). The highest BCUT2D eigenvalue weighted by Crippen LogP contribution is 2.28. The van der Waals surface area contributed by atoms with Gasteiger partial charge in [0.1, 0.15) is 0 Å². The van der Waals surface area contributed by atoms with E-state index in [9.17, 15) is 4.79 Å². The van der Waals surface area contributed by atoms with Crippen molar-refractivity contribution in [2.24, 2.45) is 11.7 Å². The van der Waals surface area contributed by atoms with Crippen molar-refractivity contribution in [1.82, 2.24) is 0 Å². The lowest BCUT2D eigenvalue weighted by Crippen LogP contribution is -2.33. The molecule has 0 aromatic rings. The van der Waals surface area contributed by atoms with Gasteiger partial charge in [-0.15, -0.1) is 11.8 Å². The fourth-order valence-electron chi connectivity index (χ4n) is 1.10. The molecule has 0 aromatic carbocycles. The molecular weight excluding hydrogens is 146 g/mol. The second-order valence-electron chi connectivity index (χ2n) is 3.01. The number of nitrogens with two attached hydrogens (primary N) is 1. The molecular formula is C7H13NOS. The number of hydrogen-bond acceptors (Lipinski definition) is 3. The third-order valence-corrected chi connectivity index (χ3v) is 3.39. The first-order valence-electron chi connectivity index (χ1n) is 3.54. The minimum Gasteiger partial charge on any atom is -0.321 e. The molecule has 2 unspecified atom stereocenters. The van der Waals surface area contributed by atoms with Crippen LogP contribution in [0.15, 0.2) is 0 Å². The standard InChI is InChI=1S/C7H13NOS/c1-4(2)7-6(9)5(8)3-10-7/h4-5,7H,3,8H2,1-2H3. The van der Waals surface area contributed by atoms with E-state index in [0.717, 1.165) is 5.75 Å². The van der Waals surface area contributed by atoms with Crippen molar-refractivity contribution >= 4 is 17.5 Å². The average molecular weight is 159 g/mol. The van der Waals surface area contributed by atoms with Crippen LogP contribution >= 0.6 is 11.8 Å². The average Bonchev–Trinajstić information content (AvgIpc) is 2.14. The lowest BCUT2D eigenvalue weighted by atomic mass is 10.0. The molecule has 2 nitrogen and oxygen atoms in total. The molecule has 3 heteroatoms. The fraction of sp³-hybridized carbons (Fsp3) is 0.857. The summed E-state index contributed by atoms with van der Waals surface area (Å²) in [5, 5.41) is 0.162. The van der Waals surface area contributed by atoms with E-state index in [0.29, 0.717) is 5.92 Å². The van der Waals surface area contributed by atoms with E-state index in [4.69, 9.17) is 5.73 Å². The second-order valence-corrected chi connectivity index (χ2v) is 4.18. The van der Waals surface area contributed by atoms with E-state index in [1.165, 1.54) is 0 Å². The summed E-state index contributed by atoms with van der Waals surface area (Å²) in [5.74, 6) is 1.48. The Hall–Kier alpha value is -0.0200. The number of Topliss-reactive ketones (excluding diaryl/α,β-unsaturated/α-hetero) is 1. The first-order chi connectivity index (χ1) is 4.63. The van der Waals surface area contributed by atoms with E-state index >= 15 is 0 Å². The van der Waals surface area contributed by atoms with Crippen LogP contribution in [0.3, 0.4) is 0 Å². The molecule has 0 aliphatic carbocycles. The summed E-state index contributed by atoms with van der Waals surface area (Å²) < 4.78 is 0. The Labute approximate surface area is 65.5 Å². The van der Waals surface area contributed by atoms with Crippen LogP contribution < -0.4 is 5.73 Å². The predicted octanol–water partition coefficient (Wildman–Crippen LogP) is 0.654. The molecule has 2 N–H and O–H groups in total. The molecule has 0 amide bonds. The van der Waals surface area contributed by atoms with E-state index in [2.05, 4.69) is 13.8 Å². The number of thioether (sulfide) groups is 1. The third-order valence-electron chi connectivity index (χ3n) is 1.71. The van der Waals surface area contributed by atoms with Gasteiger partial charge < -0.3 is 5.73 Å². The number of rotatable bonds is 1. The van der Waals surface area contributed by atoms with Crippen LogP contribution in [0.1, 0.15) is 13.8 Å². The molecule has 58 valence electrons. The summed E-state index contributed by atoms with van der Waals surface area (Å²) in [7, 11) is 0. The number of hydrogen-bond donors (Lipinski definition) is 1. The molecule has 1 heterocycles. The van der Waals surface area contributed by atoms with Crippen LogP contribution in [0.5, 0.6) is 0 Å². The Kier molecular flexibility index (Phi) is 2.36. The lowest BCUT2D eigenvalue weighted by molar-refractivity contribution is -0.119. The van der Waals surface area contributed by atoms with Gasteiger partial charge in [0, 0.05) is 5.75 Å². The molecule has 0 radical (unpaired) electrons. The zero-order valence-electron chi connectivity index (χ0n) is 6.33. The van der Waals surface area contributed by atoms with Gasteiger partial charge >= 0.3 is 0 Å². The molecule has 1 aliphatic heterocycles. The number of carbonyl (C=O) groups is 1. The van der Waals surface area contributed by atoms with Gasteiger partial charge in [0.25, 0.3) is 0 Å². The third kappa shape index (κ3) is 1.35. The van der Waals surface area contributed by atoms with Gasteiger partial charge in [-0.3, -0.25) is 4.79 Å². The van der Waals surface area contributed by atoms with Crippen LogP contribution in [0.4, 0.5) is 0 Å². The summed E-state index contributed by atoms with van der Waals surface area (Å²) in [6.07, 6.45) is 0. The summed E-state index contributed by atoms with van der Waals surface area (Å²) >= 11 is 1.69. The Balaban J connectivity index is 2.57. The summed E-state index contributed by atoms with van der Waals surface area (Å²) in [6.45, 7) is 4.13. The van der Waals surface area contributed by atoms with Gasteiger partial charge in [0.05, 0.1) is 11.3 Å². The highest BCUT2D eigenvalue weighted by molar-refractivity contribution is 8.01. The smallest absolute Gasteiger partial charge is 0.163 e. The summed E-state index contributed by atoms with van der Waals surface area (Å²) in [5.41, 5.74) is 5.54. The SMILES string of the molecule is CC(C)C1SCC(N)C1=O. The van der Waals surface area contributed by atoms with Gasteiger partial charge in [-0.25, -0.2) is 0 Å². The molecule has 0 bridgehead atoms. The topological polar surface area (TPSA) is 43.1 Å². The van der Waals surface area contributed by atoms with Crippen LogP contribution in [-0.4, -0.2) is 22.8 Å². The molecule has 1 saturated heterocycles. The maximum absolute atomic E-state index is 11.2. The Morgan fingerprint density at radius 2 is 2.30 bits per heavy atom. The normalized spacial score (nSPS) is 33.8. The molecule has 10 heavy (non-hydrogen) atoms. The zero-order valence-corrected chi connectivity index (χ0v) is 7.15. The van der Waals surface area contributed by atoms with Gasteiger partial charge in [-0.2, -0.15) is 0 Å². The molecule has 1 aliphatic rings. The van der Waals surface area contributed by atoms with E-state index in [1.807, 2.05) is 0 Å². The minimum absolute atomic E-state index is 0.162. The first kappa shape index (κ1) is 8.08. The van der Waals surface area contributed by atoms with Crippen molar-refractivity contribution in [1.29, 1.82) is 0 Å². The van der Waals surface area contributed by atoms with Gasteiger partial charge in [0.15, 0.2) is 5.78 Å².